The number of carbonyl (C=O) groups is 1. The van der Waals surface area contributed by atoms with Crippen molar-refractivity contribution in [3.63, 3.8) is 0 Å². The normalized spacial score (nSPS) is 17.6. The zero-order chi connectivity index (χ0) is 13.7. The molecule has 0 radical (unpaired) electrons. The van der Waals surface area contributed by atoms with Crippen LogP contribution in [0.25, 0.3) is 0 Å². The van der Waals surface area contributed by atoms with E-state index in [0.717, 1.165) is 38.1 Å². The predicted molar refractivity (Wildman–Crippen MR) is 75.9 cm³/mol. The predicted octanol–water partition coefficient (Wildman–Crippen LogP) is 2.04. The van der Waals surface area contributed by atoms with Crippen LogP contribution in [0.2, 0.25) is 0 Å². The van der Waals surface area contributed by atoms with Crippen LogP contribution in [0.4, 0.5) is 8.78 Å². The van der Waals surface area contributed by atoms with Gasteiger partial charge in [0.15, 0.2) is 0 Å². The molecule has 3 nitrogen and oxygen atoms in total. The molecule has 0 spiro atoms. The van der Waals surface area contributed by atoms with Crippen molar-refractivity contribution < 1.29 is 13.6 Å². The van der Waals surface area contributed by atoms with Gasteiger partial charge in [-0.3, -0.25) is 4.79 Å². The van der Waals surface area contributed by atoms with Crippen LogP contribution in [-0.4, -0.2) is 25.5 Å². The van der Waals surface area contributed by atoms with Gasteiger partial charge < -0.3 is 10.6 Å². The summed E-state index contributed by atoms with van der Waals surface area (Å²) in [6, 6.07) is 3.27. The van der Waals surface area contributed by atoms with Gasteiger partial charge in [-0.1, -0.05) is 6.07 Å². The zero-order valence-electron chi connectivity index (χ0n) is 11.1. The van der Waals surface area contributed by atoms with Crippen LogP contribution < -0.4 is 10.6 Å². The van der Waals surface area contributed by atoms with E-state index in [1.54, 1.807) is 0 Å². The summed E-state index contributed by atoms with van der Waals surface area (Å²) < 4.78 is 26.1. The summed E-state index contributed by atoms with van der Waals surface area (Å²) in [5.41, 5.74) is 0.224. The average Bonchev–Trinajstić information content (AvgIpc) is 2.86. The summed E-state index contributed by atoms with van der Waals surface area (Å²) in [5.74, 6) is -0.912. The average molecular weight is 305 g/mol. The second kappa shape index (κ2) is 8.17. The molecule has 0 aromatic heterocycles. The third-order valence-electron chi connectivity index (χ3n) is 3.40. The highest BCUT2D eigenvalue weighted by atomic mass is 35.5. The largest absolute Gasteiger partial charge is 0.356 e. The van der Waals surface area contributed by atoms with Gasteiger partial charge in [0.25, 0.3) is 0 Å². The van der Waals surface area contributed by atoms with Crippen LogP contribution in [0.3, 0.4) is 0 Å². The van der Waals surface area contributed by atoms with Crippen molar-refractivity contribution in [1.29, 1.82) is 0 Å². The minimum atomic E-state index is -0.671. The molecule has 1 fully saturated rings. The number of hydrogen-bond acceptors (Lipinski definition) is 2. The van der Waals surface area contributed by atoms with E-state index in [1.807, 2.05) is 0 Å². The Kier molecular flexibility index (Phi) is 6.88. The van der Waals surface area contributed by atoms with Gasteiger partial charge in [0.2, 0.25) is 5.91 Å². The Morgan fingerprint density at radius 1 is 1.40 bits per heavy atom. The highest BCUT2D eigenvalue weighted by Crippen LogP contribution is 2.12. The highest BCUT2D eigenvalue weighted by Gasteiger charge is 2.14. The first-order chi connectivity index (χ1) is 9.15. The molecule has 1 aromatic carbocycles. The van der Waals surface area contributed by atoms with Gasteiger partial charge in [-0.05, 0) is 43.5 Å². The maximum atomic E-state index is 13.4. The summed E-state index contributed by atoms with van der Waals surface area (Å²) >= 11 is 0. The molecule has 2 N–H and O–H groups in total. The lowest BCUT2D eigenvalue weighted by Crippen LogP contribution is -2.28. The number of halogens is 3. The summed E-state index contributed by atoms with van der Waals surface area (Å²) in [5, 5.41) is 6.04. The first kappa shape index (κ1) is 16.9. The number of amides is 1. The number of rotatable bonds is 5. The molecule has 1 aliphatic rings. The molecule has 1 aromatic rings. The van der Waals surface area contributed by atoms with E-state index in [9.17, 15) is 13.6 Å². The van der Waals surface area contributed by atoms with Crippen LogP contribution in [0, 0.1) is 17.6 Å². The lowest BCUT2D eigenvalue weighted by molar-refractivity contribution is -0.120. The Hall–Kier alpha value is -1.20. The Morgan fingerprint density at radius 2 is 2.20 bits per heavy atom. The van der Waals surface area contributed by atoms with E-state index in [0.29, 0.717) is 12.5 Å². The lowest BCUT2D eigenvalue weighted by atomic mass is 10.1. The van der Waals surface area contributed by atoms with Gasteiger partial charge >= 0.3 is 0 Å². The van der Waals surface area contributed by atoms with Crippen molar-refractivity contribution in [2.45, 2.75) is 19.3 Å². The minimum absolute atomic E-state index is 0. The fourth-order valence-electron chi connectivity index (χ4n) is 2.28. The van der Waals surface area contributed by atoms with Gasteiger partial charge in [-0.15, -0.1) is 12.4 Å². The van der Waals surface area contributed by atoms with Crippen LogP contribution in [0.15, 0.2) is 18.2 Å². The second-order valence-corrected chi connectivity index (χ2v) is 4.91. The van der Waals surface area contributed by atoms with Crippen molar-refractivity contribution in [1.82, 2.24) is 10.6 Å². The Bertz CT molecular complexity index is 451. The number of carbonyl (C=O) groups excluding carboxylic acids is 1. The molecule has 6 heteroatoms. The summed E-state index contributed by atoms with van der Waals surface area (Å²) in [6.07, 6.45) is 2.03. The summed E-state index contributed by atoms with van der Waals surface area (Å²) in [4.78, 5) is 11.6. The standard InChI is InChI=1S/C14H18F2N2O.ClH/c15-12-2-1-11(13(16)8-12)7-14(19)18-6-4-10-3-5-17-9-10;/h1-2,8,10,17H,3-7,9H2,(H,18,19);1H. The Balaban J connectivity index is 0.00000200. The lowest BCUT2D eigenvalue weighted by Gasteiger charge is -2.09. The number of nitrogens with one attached hydrogen (secondary N) is 2. The second-order valence-electron chi connectivity index (χ2n) is 4.91. The van der Waals surface area contributed by atoms with Crippen LogP contribution in [0.5, 0.6) is 0 Å². The molecule has 1 atom stereocenters. The van der Waals surface area contributed by atoms with Gasteiger partial charge in [-0.25, -0.2) is 8.78 Å². The monoisotopic (exact) mass is 304 g/mol. The number of benzene rings is 1. The molecule has 112 valence electrons. The maximum Gasteiger partial charge on any atom is 0.224 e. The van der Waals surface area contributed by atoms with Gasteiger partial charge in [-0.2, -0.15) is 0 Å². The van der Waals surface area contributed by atoms with E-state index >= 15 is 0 Å². The molecule has 1 saturated heterocycles. The van der Waals surface area contributed by atoms with E-state index in [4.69, 9.17) is 0 Å². The number of hydrogen-bond donors (Lipinski definition) is 2. The zero-order valence-corrected chi connectivity index (χ0v) is 11.9. The van der Waals surface area contributed by atoms with Crippen LogP contribution >= 0.6 is 12.4 Å². The fraction of sp³-hybridized carbons (Fsp3) is 0.500. The molecule has 1 unspecified atom stereocenters. The van der Waals surface area contributed by atoms with Crippen molar-refractivity contribution in [3.05, 3.63) is 35.4 Å². The quantitative estimate of drug-likeness (QED) is 0.874. The molecule has 0 bridgehead atoms. The Labute approximate surface area is 123 Å². The molecular formula is C14H19ClF2N2O. The van der Waals surface area contributed by atoms with E-state index in [-0.39, 0.29) is 30.3 Å². The highest BCUT2D eigenvalue weighted by molar-refractivity contribution is 5.85. The van der Waals surface area contributed by atoms with Crippen LogP contribution in [0.1, 0.15) is 18.4 Å². The van der Waals surface area contributed by atoms with Gasteiger partial charge in [0.1, 0.15) is 11.6 Å². The van der Waals surface area contributed by atoms with E-state index in [2.05, 4.69) is 10.6 Å². The topological polar surface area (TPSA) is 41.1 Å². The first-order valence-corrected chi connectivity index (χ1v) is 6.56. The van der Waals surface area contributed by atoms with Crippen molar-refractivity contribution >= 4 is 18.3 Å². The molecule has 1 aliphatic heterocycles. The smallest absolute Gasteiger partial charge is 0.224 e. The Morgan fingerprint density at radius 3 is 2.85 bits per heavy atom. The minimum Gasteiger partial charge on any atom is -0.356 e. The molecule has 1 heterocycles. The third-order valence-corrected chi connectivity index (χ3v) is 3.40. The fourth-order valence-corrected chi connectivity index (χ4v) is 2.28. The SMILES string of the molecule is Cl.O=C(Cc1ccc(F)cc1F)NCCC1CCNC1. The molecular weight excluding hydrogens is 286 g/mol. The molecule has 2 rings (SSSR count). The first-order valence-electron chi connectivity index (χ1n) is 6.56. The third kappa shape index (κ3) is 5.06. The molecule has 20 heavy (non-hydrogen) atoms. The van der Waals surface area contributed by atoms with E-state index < -0.39 is 11.6 Å². The van der Waals surface area contributed by atoms with Gasteiger partial charge in [0.05, 0.1) is 6.42 Å². The molecule has 1 amide bonds. The summed E-state index contributed by atoms with van der Waals surface area (Å²) in [6.45, 7) is 2.65. The van der Waals surface area contributed by atoms with E-state index in [1.165, 1.54) is 6.07 Å². The summed E-state index contributed by atoms with van der Waals surface area (Å²) in [7, 11) is 0. The van der Waals surface area contributed by atoms with Crippen molar-refractivity contribution in [2.24, 2.45) is 5.92 Å². The molecule has 0 aliphatic carbocycles. The van der Waals surface area contributed by atoms with Gasteiger partial charge in [0, 0.05) is 12.6 Å². The van der Waals surface area contributed by atoms with Crippen molar-refractivity contribution in [2.75, 3.05) is 19.6 Å². The molecule has 0 saturated carbocycles. The van der Waals surface area contributed by atoms with Crippen LogP contribution in [-0.2, 0) is 11.2 Å². The van der Waals surface area contributed by atoms with Crippen molar-refractivity contribution in [3.8, 4) is 0 Å². The maximum absolute atomic E-state index is 13.4.